The van der Waals surface area contributed by atoms with E-state index in [0.717, 1.165) is 5.56 Å². The Kier molecular flexibility index (Phi) is 6.04. The van der Waals surface area contributed by atoms with Gasteiger partial charge in [-0.3, -0.25) is 9.59 Å². The molecule has 0 atom stereocenters. The molecule has 0 amide bonds. The van der Waals surface area contributed by atoms with Crippen molar-refractivity contribution in [2.24, 2.45) is 0 Å². The highest BCUT2D eigenvalue weighted by molar-refractivity contribution is 6.08. The number of carbonyl (C=O) groups excluding carboxylic acids is 1. The number of carboxylic acids is 2. The molecule has 0 saturated heterocycles. The van der Waals surface area contributed by atoms with Crippen molar-refractivity contribution >= 4 is 23.4 Å². The van der Waals surface area contributed by atoms with Crippen LogP contribution < -0.4 is 4.90 Å². The topological polar surface area (TPSA) is 94.9 Å². The number of benzene rings is 3. The standard InChI is InChI=1S/C23H19NO5/c25-21(26)15-24(20-12-10-19(11-13-20)23(28)29)14-16-6-8-18(9-7-16)22(27)17-4-2-1-3-5-17/h1-13H,14-15H2,(H,25,26)(H,28,29). The maximum absolute atomic E-state index is 12.5. The van der Waals surface area contributed by atoms with Crippen LogP contribution in [0.15, 0.2) is 78.9 Å². The van der Waals surface area contributed by atoms with Crippen molar-refractivity contribution in [3.63, 3.8) is 0 Å². The van der Waals surface area contributed by atoms with Crippen LogP contribution in [0, 0.1) is 0 Å². The molecule has 0 heterocycles. The van der Waals surface area contributed by atoms with Crippen LogP contribution in [-0.4, -0.2) is 34.5 Å². The van der Waals surface area contributed by atoms with Crippen LogP contribution in [0.2, 0.25) is 0 Å². The van der Waals surface area contributed by atoms with E-state index in [1.165, 1.54) is 12.1 Å². The van der Waals surface area contributed by atoms with Crippen LogP contribution in [0.3, 0.4) is 0 Å². The first-order chi connectivity index (χ1) is 13.9. The number of rotatable bonds is 8. The second-order valence-electron chi connectivity index (χ2n) is 6.49. The highest BCUT2D eigenvalue weighted by Gasteiger charge is 2.14. The summed E-state index contributed by atoms with van der Waals surface area (Å²) in [5, 5.41) is 18.2. The predicted molar refractivity (Wildman–Crippen MR) is 108 cm³/mol. The van der Waals surface area contributed by atoms with Gasteiger partial charge in [0.05, 0.1) is 5.56 Å². The van der Waals surface area contributed by atoms with Crippen molar-refractivity contribution in [3.05, 3.63) is 101 Å². The SMILES string of the molecule is O=C(O)CN(Cc1ccc(C(=O)c2ccccc2)cc1)c1ccc(C(=O)O)cc1. The summed E-state index contributed by atoms with van der Waals surface area (Å²) in [7, 11) is 0. The van der Waals surface area contributed by atoms with Gasteiger partial charge in [0.1, 0.15) is 6.54 Å². The largest absolute Gasteiger partial charge is 0.480 e. The van der Waals surface area contributed by atoms with Crippen molar-refractivity contribution in [2.75, 3.05) is 11.4 Å². The van der Waals surface area contributed by atoms with E-state index in [-0.39, 0.29) is 17.9 Å². The number of hydrogen-bond acceptors (Lipinski definition) is 4. The lowest BCUT2D eigenvalue weighted by molar-refractivity contribution is -0.135. The van der Waals surface area contributed by atoms with Crippen LogP contribution in [-0.2, 0) is 11.3 Å². The van der Waals surface area contributed by atoms with Gasteiger partial charge in [0, 0.05) is 23.4 Å². The van der Waals surface area contributed by atoms with Crippen molar-refractivity contribution in [2.45, 2.75) is 6.54 Å². The fraction of sp³-hybridized carbons (Fsp3) is 0.0870. The molecular formula is C23H19NO5. The van der Waals surface area contributed by atoms with Crippen molar-refractivity contribution in [1.82, 2.24) is 0 Å². The summed E-state index contributed by atoms with van der Waals surface area (Å²) in [4.78, 5) is 36.4. The molecule has 2 N–H and O–H groups in total. The molecule has 0 radical (unpaired) electrons. The molecule has 0 spiro atoms. The molecule has 6 nitrogen and oxygen atoms in total. The number of ketones is 1. The molecule has 0 bridgehead atoms. The fourth-order valence-electron chi connectivity index (χ4n) is 2.95. The number of hydrogen-bond donors (Lipinski definition) is 2. The molecule has 0 fully saturated rings. The Morgan fingerprint density at radius 1 is 0.690 bits per heavy atom. The van der Waals surface area contributed by atoms with Crippen molar-refractivity contribution in [1.29, 1.82) is 0 Å². The first-order valence-electron chi connectivity index (χ1n) is 8.93. The molecule has 0 aromatic heterocycles. The molecule has 3 aromatic rings. The van der Waals surface area contributed by atoms with Gasteiger partial charge in [-0.1, -0.05) is 54.6 Å². The number of carbonyl (C=O) groups is 3. The second kappa shape index (κ2) is 8.84. The number of aliphatic carboxylic acids is 1. The smallest absolute Gasteiger partial charge is 0.335 e. The summed E-state index contributed by atoms with van der Waals surface area (Å²) in [6, 6.07) is 22.0. The molecule has 3 aromatic carbocycles. The summed E-state index contributed by atoms with van der Waals surface area (Å²) < 4.78 is 0. The molecule has 6 heteroatoms. The Balaban J connectivity index is 1.78. The molecule has 0 aliphatic heterocycles. The van der Waals surface area contributed by atoms with E-state index < -0.39 is 11.9 Å². The quantitative estimate of drug-likeness (QED) is 0.571. The van der Waals surface area contributed by atoms with Crippen LogP contribution >= 0.6 is 0 Å². The average molecular weight is 389 g/mol. The minimum Gasteiger partial charge on any atom is -0.480 e. The van der Waals surface area contributed by atoms with Crippen LogP contribution in [0.1, 0.15) is 31.8 Å². The van der Waals surface area contributed by atoms with Gasteiger partial charge in [-0.05, 0) is 29.8 Å². The first kappa shape index (κ1) is 19.8. The normalized spacial score (nSPS) is 10.3. The third kappa shape index (κ3) is 5.07. The summed E-state index contributed by atoms with van der Waals surface area (Å²) in [5.74, 6) is -2.12. The van der Waals surface area contributed by atoms with E-state index in [9.17, 15) is 19.5 Å². The monoisotopic (exact) mass is 389 g/mol. The van der Waals surface area contributed by atoms with Gasteiger partial charge in [-0.15, -0.1) is 0 Å². The third-order valence-corrected chi connectivity index (χ3v) is 4.43. The minimum absolute atomic E-state index is 0.0798. The predicted octanol–water partition coefficient (Wildman–Crippen LogP) is 3.71. The maximum Gasteiger partial charge on any atom is 0.335 e. The summed E-state index contributed by atoms with van der Waals surface area (Å²) in [6.45, 7) is 0.0651. The molecule has 3 rings (SSSR count). The van der Waals surface area contributed by atoms with E-state index in [0.29, 0.717) is 23.4 Å². The Labute approximate surface area is 167 Å². The molecule has 29 heavy (non-hydrogen) atoms. The van der Waals surface area contributed by atoms with Crippen LogP contribution in [0.4, 0.5) is 5.69 Å². The lowest BCUT2D eigenvalue weighted by atomic mass is 10.0. The van der Waals surface area contributed by atoms with E-state index in [4.69, 9.17) is 5.11 Å². The minimum atomic E-state index is -1.04. The van der Waals surface area contributed by atoms with Crippen molar-refractivity contribution in [3.8, 4) is 0 Å². The van der Waals surface area contributed by atoms with E-state index in [1.807, 2.05) is 6.07 Å². The molecule has 0 unspecified atom stereocenters. The van der Waals surface area contributed by atoms with Crippen LogP contribution in [0.25, 0.3) is 0 Å². The highest BCUT2D eigenvalue weighted by atomic mass is 16.4. The summed E-state index contributed by atoms with van der Waals surface area (Å²) in [6.07, 6.45) is 0. The molecule has 146 valence electrons. The number of nitrogens with zero attached hydrogens (tertiary/aromatic N) is 1. The van der Waals surface area contributed by atoms with E-state index in [2.05, 4.69) is 0 Å². The van der Waals surface area contributed by atoms with Crippen LogP contribution in [0.5, 0.6) is 0 Å². The number of aromatic carboxylic acids is 1. The summed E-state index contributed by atoms with van der Waals surface area (Å²) in [5.41, 5.74) is 2.72. The number of carboxylic acid groups (broad SMARTS) is 2. The van der Waals surface area contributed by atoms with E-state index >= 15 is 0 Å². The zero-order chi connectivity index (χ0) is 20.8. The third-order valence-electron chi connectivity index (χ3n) is 4.43. The fourth-order valence-corrected chi connectivity index (χ4v) is 2.95. The average Bonchev–Trinajstić information content (AvgIpc) is 2.73. The highest BCUT2D eigenvalue weighted by Crippen LogP contribution is 2.19. The van der Waals surface area contributed by atoms with Gasteiger partial charge in [-0.25, -0.2) is 4.79 Å². The Morgan fingerprint density at radius 3 is 1.79 bits per heavy atom. The van der Waals surface area contributed by atoms with Gasteiger partial charge < -0.3 is 15.1 Å². The van der Waals surface area contributed by atoms with Gasteiger partial charge in [0.2, 0.25) is 0 Å². The van der Waals surface area contributed by atoms with Gasteiger partial charge in [0.25, 0.3) is 0 Å². The Morgan fingerprint density at radius 2 is 1.24 bits per heavy atom. The van der Waals surface area contributed by atoms with Gasteiger partial charge in [-0.2, -0.15) is 0 Å². The second-order valence-corrected chi connectivity index (χ2v) is 6.49. The Bertz CT molecular complexity index is 1010. The lowest BCUT2D eigenvalue weighted by Gasteiger charge is -2.23. The van der Waals surface area contributed by atoms with Gasteiger partial charge >= 0.3 is 11.9 Å². The Hall–Kier alpha value is -3.93. The van der Waals surface area contributed by atoms with Crippen molar-refractivity contribution < 1.29 is 24.6 Å². The zero-order valence-corrected chi connectivity index (χ0v) is 15.5. The molecular weight excluding hydrogens is 370 g/mol. The van der Waals surface area contributed by atoms with E-state index in [1.54, 1.807) is 65.6 Å². The molecule has 0 saturated carbocycles. The molecule has 0 aliphatic carbocycles. The lowest BCUT2D eigenvalue weighted by Crippen LogP contribution is -2.29. The summed E-state index contributed by atoms with van der Waals surface area (Å²) >= 11 is 0. The number of anilines is 1. The first-order valence-corrected chi connectivity index (χ1v) is 8.93. The zero-order valence-electron chi connectivity index (χ0n) is 15.5. The van der Waals surface area contributed by atoms with Gasteiger partial charge in [0.15, 0.2) is 5.78 Å². The molecule has 0 aliphatic rings. The maximum atomic E-state index is 12.5.